The highest BCUT2D eigenvalue weighted by atomic mass is 32.2. The van der Waals surface area contributed by atoms with Gasteiger partial charge in [0.1, 0.15) is 5.75 Å². The summed E-state index contributed by atoms with van der Waals surface area (Å²) in [5, 5.41) is 24.6. The van der Waals surface area contributed by atoms with E-state index in [1.807, 2.05) is 0 Å². The fraction of sp³-hybridized carbons (Fsp3) is 0.269. The Morgan fingerprint density at radius 2 is 1.82 bits per heavy atom. The summed E-state index contributed by atoms with van der Waals surface area (Å²) in [5.41, 5.74) is 0.374. The summed E-state index contributed by atoms with van der Waals surface area (Å²) in [6.07, 6.45) is -0.252. The van der Waals surface area contributed by atoms with Crippen LogP contribution in [0.1, 0.15) is 47.4 Å². The van der Waals surface area contributed by atoms with Gasteiger partial charge in [-0.05, 0) is 36.4 Å². The molecule has 0 radical (unpaired) electrons. The van der Waals surface area contributed by atoms with Crippen molar-refractivity contribution in [1.29, 1.82) is 0 Å². The van der Waals surface area contributed by atoms with Gasteiger partial charge in [-0.2, -0.15) is 0 Å². The minimum absolute atomic E-state index is 0.0585. The van der Waals surface area contributed by atoms with Crippen molar-refractivity contribution in [2.75, 3.05) is 13.2 Å². The van der Waals surface area contributed by atoms with Gasteiger partial charge < -0.3 is 19.8 Å². The number of Topliss-reactive ketones (excluding diaryl/α,β-unsaturated/α-hetero) is 2. The summed E-state index contributed by atoms with van der Waals surface area (Å²) in [6, 6.07) is 11.5. The fourth-order valence-electron chi connectivity index (χ4n) is 3.97. The van der Waals surface area contributed by atoms with E-state index >= 15 is 0 Å². The lowest BCUT2D eigenvalue weighted by Gasteiger charge is -2.19. The number of ketones is 2. The second-order valence-electron chi connectivity index (χ2n) is 8.92. The van der Waals surface area contributed by atoms with Gasteiger partial charge in [-0.15, -0.1) is 0 Å². The Bertz CT molecular complexity index is 1580. The normalized spacial score (nSPS) is 14.2. The molecule has 2 aromatic carbocycles. The third-order valence-electron chi connectivity index (χ3n) is 6.05. The second-order valence-corrected chi connectivity index (χ2v) is 10.8. The van der Waals surface area contributed by atoms with Crippen LogP contribution in [-0.2, 0) is 19.4 Å². The molecular weight excluding hydrogens is 532 g/mol. The van der Waals surface area contributed by atoms with Crippen LogP contribution in [0, 0.1) is 11.1 Å². The molecule has 1 N–H and O–H groups in total. The number of rotatable bonds is 10. The number of ether oxygens (including phenoxy) is 2. The smallest absolute Gasteiger partial charge is 0.414 e. The van der Waals surface area contributed by atoms with Gasteiger partial charge >= 0.3 is 16.9 Å². The molecule has 1 aromatic heterocycles. The Morgan fingerprint density at radius 3 is 2.54 bits per heavy atom. The Kier molecular flexibility index (Phi) is 7.81. The van der Waals surface area contributed by atoms with Crippen molar-refractivity contribution < 1.29 is 46.9 Å². The predicted octanol–water partition coefficient (Wildman–Crippen LogP) is 2.58. The number of phenolic OH excluding ortho intramolecular Hbond substituents is 1. The largest absolute Gasteiger partial charge is 0.507 e. The highest BCUT2D eigenvalue weighted by Crippen LogP contribution is 2.33. The van der Waals surface area contributed by atoms with Crippen LogP contribution < -0.4 is 9.64 Å². The van der Waals surface area contributed by atoms with E-state index in [9.17, 15) is 33.1 Å². The highest BCUT2D eigenvalue weighted by Gasteiger charge is 2.36. The lowest BCUT2D eigenvalue weighted by molar-refractivity contribution is -0.832. The molecule has 0 aliphatic heterocycles. The number of fused-ring (bicyclic) bond motifs is 1. The minimum atomic E-state index is -4.27. The summed E-state index contributed by atoms with van der Waals surface area (Å²) in [5.74, 6) is -2.83. The van der Waals surface area contributed by atoms with Crippen LogP contribution in [0.3, 0.4) is 0 Å². The van der Waals surface area contributed by atoms with Crippen molar-refractivity contribution >= 4 is 27.4 Å². The van der Waals surface area contributed by atoms with Crippen molar-refractivity contribution in [2.45, 2.75) is 36.6 Å². The molecule has 0 amide bonds. The average Bonchev–Trinajstić information content (AvgIpc) is 3.30. The number of hydrogen-bond acceptors (Lipinski definition) is 11. The number of carbonyl (C=O) groups is 3. The maximum absolute atomic E-state index is 12.9. The molecular formula is C26H24N2O10S. The molecule has 1 atom stereocenters. The first-order chi connectivity index (χ1) is 18.5. The number of aromatic nitrogens is 2. The maximum atomic E-state index is 12.9. The van der Waals surface area contributed by atoms with Crippen molar-refractivity contribution in [3.05, 3.63) is 76.0 Å². The summed E-state index contributed by atoms with van der Waals surface area (Å²) in [7, 11) is -4.27. The Labute approximate surface area is 222 Å². The zero-order valence-corrected chi connectivity index (χ0v) is 21.8. The molecule has 4 rings (SSSR count). The highest BCUT2D eigenvalue weighted by molar-refractivity contribution is 7.91. The molecule has 39 heavy (non-hydrogen) atoms. The molecule has 204 valence electrons. The Balaban J connectivity index is 1.32. The lowest BCUT2D eigenvalue weighted by Crippen LogP contribution is -2.31. The van der Waals surface area contributed by atoms with Crippen molar-refractivity contribution in [3.8, 4) is 11.6 Å². The van der Waals surface area contributed by atoms with E-state index in [4.69, 9.17) is 9.47 Å². The average molecular weight is 557 g/mol. The lowest BCUT2D eigenvalue weighted by atomic mass is 9.82. The summed E-state index contributed by atoms with van der Waals surface area (Å²) in [6.45, 7) is 2.86. The topological polar surface area (TPSA) is 177 Å². The van der Waals surface area contributed by atoms with Gasteiger partial charge in [-0.1, -0.05) is 37.3 Å². The monoisotopic (exact) mass is 556 g/mol. The molecule has 0 fully saturated rings. The van der Waals surface area contributed by atoms with Crippen LogP contribution in [0.2, 0.25) is 0 Å². The van der Waals surface area contributed by atoms with Crippen LogP contribution in [0.5, 0.6) is 11.6 Å². The van der Waals surface area contributed by atoms with E-state index in [-0.39, 0.29) is 63.9 Å². The number of hydrogen-bond donors (Lipinski definition) is 1. The number of carbonyl (C=O) groups excluding carboxylic acids is 3. The van der Waals surface area contributed by atoms with Gasteiger partial charge in [0, 0.05) is 29.0 Å². The van der Waals surface area contributed by atoms with Gasteiger partial charge in [0.25, 0.3) is 9.84 Å². The third kappa shape index (κ3) is 5.53. The zero-order chi connectivity index (χ0) is 28.3. The number of benzene rings is 2. The molecule has 1 aliphatic rings. The van der Waals surface area contributed by atoms with Crippen molar-refractivity contribution in [3.63, 3.8) is 0 Å². The number of phenols is 1. The minimum Gasteiger partial charge on any atom is -0.507 e. The number of allylic oxidation sites excluding steroid dienone is 2. The zero-order valence-electron chi connectivity index (χ0n) is 20.9. The summed E-state index contributed by atoms with van der Waals surface area (Å²) >= 11 is 0. The molecule has 0 spiro atoms. The van der Waals surface area contributed by atoms with Crippen LogP contribution in [0.25, 0.3) is 0 Å². The standard InChI is InChI=1S/C26H24N2O10S/c1-15(14-37-25-26(28(33)38-27-25)39(34,35)17-7-4-3-5-8-17)13-36-21(30)12-11-18-16(2)23(31)19-9-6-10-20(29)22(19)24(18)32/h3-10,15,29H,11-14H2,1-2H3. The van der Waals surface area contributed by atoms with Gasteiger partial charge in [-0.3, -0.25) is 19.0 Å². The van der Waals surface area contributed by atoms with E-state index in [2.05, 4.69) is 9.79 Å². The van der Waals surface area contributed by atoms with Gasteiger partial charge in [0.05, 0.1) is 28.8 Å². The van der Waals surface area contributed by atoms with E-state index in [0.717, 1.165) is 0 Å². The Morgan fingerprint density at radius 1 is 1.10 bits per heavy atom. The first-order valence-corrected chi connectivity index (χ1v) is 13.3. The quantitative estimate of drug-likeness (QED) is 0.287. The molecule has 3 aromatic rings. The van der Waals surface area contributed by atoms with Crippen molar-refractivity contribution in [1.82, 2.24) is 5.16 Å². The van der Waals surface area contributed by atoms with Crippen molar-refractivity contribution in [2.24, 2.45) is 5.92 Å². The summed E-state index contributed by atoms with van der Waals surface area (Å²) < 4.78 is 40.7. The van der Waals surface area contributed by atoms with Crippen LogP contribution in [0.15, 0.2) is 74.2 Å². The number of aromatic hydroxyl groups is 1. The molecule has 0 bridgehead atoms. The van der Waals surface area contributed by atoms with E-state index in [0.29, 0.717) is 0 Å². The second kappa shape index (κ2) is 11.1. The first kappa shape index (κ1) is 27.5. The fourth-order valence-corrected chi connectivity index (χ4v) is 5.27. The SMILES string of the molecule is CC1=C(CCC(=O)OCC(C)COc2no[n+]([O-])c2S(=O)(=O)c2ccccc2)C(=O)c2c(O)cccc2C1=O. The van der Waals surface area contributed by atoms with Crippen LogP contribution in [-0.4, -0.2) is 49.4 Å². The van der Waals surface area contributed by atoms with Gasteiger partial charge in [0.15, 0.2) is 11.6 Å². The van der Waals surface area contributed by atoms with E-state index in [1.54, 1.807) is 13.0 Å². The van der Waals surface area contributed by atoms with E-state index in [1.165, 1.54) is 49.4 Å². The third-order valence-corrected chi connectivity index (χ3v) is 7.77. The number of sulfone groups is 1. The number of esters is 1. The van der Waals surface area contributed by atoms with Gasteiger partial charge in [-0.25, -0.2) is 8.42 Å². The van der Waals surface area contributed by atoms with E-state index < -0.39 is 44.2 Å². The van der Waals surface area contributed by atoms with Crippen LogP contribution >= 0.6 is 0 Å². The summed E-state index contributed by atoms with van der Waals surface area (Å²) in [4.78, 5) is 37.4. The maximum Gasteiger partial charge on any atom is 0.414 e. The van der Waals surface area contributed by atoms with Crippen LogP contribution in [0.4, 0.5) is 0 Å². The molecule has 1 heterocycles. The molecule has 0 saturated heterocycles. The molecule has 12 nitrogen and oxygen atoms in total. The molecule has 0 saturated carbocycles. The predicted molar refractivity (Wildman–Crippen MR) is 132 cm³/mol. The molecule has 13 heteroatoms. The van der Waals surface area contributed by atoms with Gasteiger partial charge in [0.2, 0.25) is 0 Å². The number of nitrogens with zero attached hydrogens (tertiary/aromatic N) is 2. The molecule has 1 aliphatic carbocycles. The Hall–Kier alpha value is -4.52. The first-order valence-electron chi connectivity index (χ1n) is 11.8. The molecule has 1 unspecified atom stereocenters.